The highest BCUT2D eigenvalue weighted by Crippen LogP contribution is 2.22. The van der Waals surface area contributed by atoms with Gasteiger partial charge in [0.05, 0.1) is 5.69 Å². The van der Waals surface area contributed by atoms with Crippen molar-refractivity contribution in [2.24, 2.45) is 0 Å². The zero-order chi connectivity index (χ0) is 11.6. The first-order valence-corrected chi connectivity index (χ1v) is 4.95. The van der Waals surface area contributed by atoms with Gasteiger partial charge < -0.3 is 9.32 Å². The Labute approximate surface area is 94.0 Å². The van der Waals surface area contributed by atoms with E-state index in [4.69, 9.17) is 16.0 Å². The first-order valence-electron chi connectivity index (χ1n) is 4.57. The van der Waals surface area contributed by atoms with Crippen LogP contribution in [0.1, 0.15) is 19.6 Å². The summed E-state index contributed by atoms with van der Waals surface area (Å²) in [5.41, 5.74) is 1.22. The molecule has 0 amide bonds. The maximum Gasteiger partial charge on any atom is 0.357 e. The third kappa shape index (κ3) is 2.86. The van der Waals surface area contributed by atoms with Crippen molar-refractivity contribution < 1.29 is 4.42 Å². The van der Waals surface area contributed by atoms with E-state index < -0.39 is 5.63 Å². The summed E-state index contributed by atoms with van der Waals surface area (Å²) < 4.78 is 5.02. The van der Waals surface area contributed by atoms with Gasteiger partial charge in [-0.2, -0.15) is 0 Å². The van der Waals surface area contributed by atoms with Crippen molar-refractivity contribution in [1.29, 1.82) is 0 Å². The topological polar surface area (TPSA) is 33.5 Å². The van der Waals surface area contributed by atoms with Crippen LogP contribution < -0.4 is 10.5 Å². The van der Waals surface area contributed by atoms with Crippen LogP contribution in [-0.4, -0.2) is 14.1 Å². The summed E-state index contributed by atoms with van der Waals surface area (Å²) in [5.74, 6) is 0.521. The van der Waals surface area contributed by atoms with E-state index >= 15 is 0 Å². The average molecular weight is 228 g/mol. The van der Waals surface area contributed by atoms with Crippen LogP contribution in [0.25, 0.3) is 6.08 Å². The van der Waals surface area contributed by atoms with Gasteiger partial charge in [0.25, 0.3) is 0 Å². The van der Waals surface area contributed by atoms with Crippen molar-refractivity contribution in [3.05, 3.63) is 32.8 Å². The number of allylic oxidation sites excluding steroid dienone is 1. The highest BCUT2D eigenvalue weighted by Gasteiger charge is 2.09. The minimum atomic E-state index is -0.504. The summed E-state index contributed by atoms with van der Waals surface area (Å²) >= 11 is 5.83. The molecule has 0 aliphatic heterocycles. The summed E-state index contributed by atoms with van der Waals surface area (Å²) in [5, 5.41) is 0.117. The molecule has 1 heterocycles. The van der Waals surface area contributed by atoms with E-state index in [-0.39, 0.29) is 5.02 Å². The summed E-state index contributed by atoms with van der Waals surface area (Å²) in [6.45, 7) is 3.87. The lowest BCUT2D eigenvalue weighted by molar-refractivity contribution is 0.501. The van der Waals surface area contributed by atoms with Crippen LogP contribution in [0.3, 0.4) is 0 Å². The number of rotatable bonds is 2. The van der Waals surface area contributed by atoms with Crippen LogP contribution in [-0.2, 0) is 0 Å². The van der Waals surface area contributed by atoms with Gasteiger partial charge in [-0.05, 0) is 19.9 Å². The van der Waals surface area contributed by atoms with E-state index in [1.807, 2.05) is 27.9 Å². The van der Waals surface area contributed by atoms with Crippen molar-refractivity contribution in [2.75, 3.05) is 19.0 Å². The van der Waals surface area contributed by atoms with Crippen LogP contribution in [0.5, 0.6) is 0 Å². The Balaban J connectivity index is 3.36. The maximum absolute atomic E-state index is 11.4. The minimum absolute atomic E-state index is 0.117. The molecule has 0 saturated heterocycles. The van der Waals surface area contributed by atoms with Gasteiger partial charge in [0.15, 0.2) is 0 Å². The fourth-order valence-electron chi connectivity index (χ4n) is 1.17. The Morgan fingerprint density at radius 2 is 2.07 bits per heavy atom. The van der Waals surface area contributed by atoms with E-state index in [1.165, 1.54) is 0 Å². The fraction of sp³-hybridized carbons (Fsp3) is 0.364. The van der Waals surface area contributed by atoms with Gasteiger partial charge in [-0.3, -0.25) is 0 Å². The molecular formula is C11H14ClNO2. The monoisotopic (exact) mass is 227 g/mol. The number of nitrogens with zero attached hydrogens (tertiary/aromatic N) is 1. The van der Waals surface area contributed by atoms with Crippen LogP contribution >= 0.6 is 11.6 Å². The first kappa shape index (κ1) is 11.9. The molecule has 0 saturated carbocycles. The second-order valence-electron chi connectivity index (χ2n) is 3.75. The van der Waals surface area contributed by atoms with Crippen LogP contribution in [0.15, 0.2) is 20.9 Å². The molecule has 3 nitrogen and oxygen atoms in total. The highest BCUT2D eigenvalue weighted by molar-refractivity contribution is 6.33. The standard InChI is InChI=1S/C11H14ClNO2/c1-7(2)5-8-6-9(13(3)4)10(12)11(14)15-8/h5-6H,1-4H3. The van der Waals surface area contributed by atoms with Gasteiger partial charge in [0.2, 0.25) is 0 Å². The Morgan fingerprint density at radius 3 is 2.53 bits per heavy atom. The summed E-state index contributed by atoms with van der Waals surface area (Å²) in [4.78, 5) is 13.2. The van der Waals surface area contributed by atoms with Crippen molar-refractivity contribution in [2.45, 2.75) is 13.8 Å². The van der Waals surface area contributed by atoms with Crippen molar-refractivity contribution >= 4 is 23.4 Å². The first-order chi connectivity index (χ1) is 6.91. The van der Waals surface area contributed by atoms with E-state index in [0.29, 0.717) is 11.4 Å². The minimum Gasteiger partial charge on any atom is -0.422 e. The molecule has 15 heavy (non-hydrogen) atoms. The Morgan fingerprint density at radius 1 is 1.47 bits per heavy atom. The second-order valence-corrected chi connectivity index (χ2v) is 4.13. The number of hydrogen-bond donors (Lipinski definition) is 0. The third-order valence-electron chi connectivity index (χ3n) is 1.81. The molecule has 0 radical (unpaired) electrons. The smallest absolute Gasteiger partial charge is 0.357 e. The zero-order valence-electron chi connectivity index (χ0n) is 9.30. The van der Waals surface area contributed by atoms with Gasteiger partial charge in [-0.15, -0.1) is 0 Å². The largest absolute Gasteiger partial charge is 0.422 e. The lowest BCUT2D eigenvalue weighted by Gasteiger charge is -2.13. The SMILES string of the molecule is CC(C)=Cc1cc(N(C)C)c(Cl)c(=O)o1. The third-order valence-corrected chi connectivity index (χ3v) is 2.15. The molecule has 0 spiro atoms. The summed E-state index contributed by atoms with van der Waals surface area (Å²) in [7, 11) is 3.65. The van der Waals surface area contributed by atoms with E-state index in [9.17, 15) is 4.79 Å². The Bertz CT molecular complexity index is 442. The molecule has 0 atom stereocenters. The molecule has 0 aliphatic rings. The maximum atomic E-state index is 11.4. The lowest BCUT2D eigenvalue weighted by Crippen LogP contribution is -2.14. The van der Waals surface area contributed by atoms with Crippen molar-refractivity contribution in [3.63, 3.8) is 0 Å². The number of hydrogen-bond acceptors (Lipinski definition) is 3. The van der Waals surface area contributed by atoms with E-state index in [2.05, 4.69) is 0 Å². The fourth-order valence-corrected chi connectivity index (χ4v) is 1.43. The van der Waals surface area contributed by atoms with Gasteiger partial charge >= 0.3 is 5.63 Å². The zero-order valence-corrected chi connectivity index (χ0v) is 10.1. The molecule has 0 fully saturated rings. The normalized spacial score (nSPS) is 9.93. The number of halogens is 1. The molecule has 4 heteroatoms. The predicted molar refractivity (Wildman–Crippen MR) is 63.6 cm³/mol. The molecule has 0 bridgehead atoms. The average Bonchev–Trinajstić information content (AvgIpc) is 2.09. The number of anilines is 1. The molecule has 82 valence electrons. The molecule has 1 aromatic rings. The van der Waals surface area contributed by atoms with Gasteiger partial charge in [0.1, 0.15) is 10.8 Å². The quantitative estimate of drug-likeness (QED) is 0.779. The predicted octanol–water partition coefficient (Wildman–Crippen LogP) is 2.78. The Kier molecular flexibility index (Phi) is 3.58. The molecule has 0 aliphatic carbocycles. The molecule has 1 aromatic heterocycles. The second kappa shape index (κ2) is 4.53. The summed E-state index contributed by atoms with van der Waals surface area (Å²) in [6.07, 6.45) is 1.80. The van der Waals surface area contributed by atoms with Gasteiger partial charge in [0, 0.05) is 20.2 Å². The highest BCUT2D eigenvalue weighted by atomic mass is 35.5. The molecule has 0 N–H and O–H groups in total. The van der Waals surface area contributed by atoms with Crippen LogP contribution in [0, 0.1) is 0 Å². The lowest BCUT2D eigenvalue weighted by atomic mass is 10.2. The van der Waals surface area contributed by atoms with Crippen molar-refractivity contribution in [3.8, 4) is 0 Å². The van der Waals surface area contributed by atoms with Gasteiger partial charge in [-0.25, -0.2) is 4.79 Å². The Hall–Kier alpha value is -1.22. The van der Waals surface area contributed by atoms with Crippen LogP contribution in [0.2, 0.25) is 5.02 Å². The van der Waals surface area contributed by atoms with E-state index in [0.717, 1.165) is 5.57 Å². The summed E-state index contributed by atoms with van der Waals surface area (Å²) in [6, 6.07) is 1.75. The van der Waals surface area contributed by atoms with Crippen LogP contribution in [0.4, 0.5) is 5.69 Å². The molecule has 0 unspecified atom stereocenters. The van der Waals surface area contributed by atoms with Crippen molar-refractivity contribution in [1.82, 2.24) is 0 Å². The molecule has 0 aromatic carbocycles. The molecular weight excluding hydrogens is 214 g/mol. The van der Waals surface area contributed by atoms with E-state index in [1.54, 1.807) is 17.0 Å². The molecule has 1 rings (SSSR count). The van der Waals surface area contributed by atoms with Gasteiger partial charge in [-0.1, -0.05) is 17.2 Å².